The summed E-state index contributed by atoms with van der Waals surface area (Å²) in [7, 11) is 0. The van der Waals surface area contributed by atoms with Gasteiger partial charge in [0.15, 0.2) is 0 Å². The van der Waals surface area contributed by atoms with Gasteiger partial charge in [-0.05, 0) is 23.1 Å². The molecule has 0 unspecified atom stereocenters. The highest BCUT2D eigenvalue weighted by Gasteiger charge is 2.19. The molecule has 3 aromatic rings. The zero-order valence-electron chi connectivity index (χ0n) is 16.4. The minimum atomic E-state index is -0.117. The maximum absolute atomic E-state index is 6.28. The Morgan fingerprint density at radius 1 is 0.679 bits per heavy atom. The molecule has 0 saturated carbocycles. The first-order valence-corrected chi connectivity index (χ1v) is 9.89. The molecular formula is C26H28O2. The van der Waals surface area contributed by atoms with Gasteiger partial charge in [-0.2, -0.15) is 0 Å². The lowest BCUT2D eigenvalue weighted by Gasteiger charge is -2.25. The smallest absolute Gasteiger partial charge is 0.102 e. The Bertz CT molecular complexity index is 813. The maximum Gasteiger partial charge on any atom is 0.102 e. The molecular weight excluding hydrogens is 344 g/mol. The van der Waals surface area contributed by atoms with Gasteiger partial charge < -0.3 is 9.47 Å². The van der Waals surface area contributed by atoms with Crippen LogP contribution in [-0.2, 0) is 22.7 Å². The summed E-state index contributed by atoms with van der Waals surface area (Å²) in [6.07, 6.45) is 4.99. The Kier molecular flexibility index (Phi) is 8.05. The van der Waals surface area contributed by atoms with E-state index in [0.717, 1.165) is 12.0 Å². The normalized spacial score (nSPS) is 13.5. The van der Waals surface area contributed by atoms with Gasteiger partial charge in [0.1, 0.15) is 6.10 Å². The second kappa shape index (κ2) is 11.2. The summed E-state index contributed by atoms with van der Waals surface area (Å²) in [5.74, 6) is 0. The van der Waals surface area contributed by atoms with E-state index in [0.29, 0.717) is 13.2 Å². The quantitative estimate of drug-likeness (QED) is 0.417. The molecule has 0 N–H and O–H groups in total. The highest BCUT2D eigenvalue weighted by Crippen LogP contribution is 2.17. The van der Waals surface area contributed by atoms with Crippen LogP contribution in [0.15, 0.2) is 97.1 Å². The van der Waals surface area contributed by atoms with E-state index in [1.165, 1.54) is 11.1 Å². The van der Waals surface area contributed by atoms with Gasteiger partial charge >= 0.3 is 0 Å². The van der Waals surface area contributed by atoms with E-state index in [2.05, 4.69) is 55.5 Å². The van der Waals surface area contributed by atoms with Gasteiger partial charge in [-0.1, -0.05) is 110 Å². The summed E-state index contributed by atoms with van der Waals surface area (Å²) >= 11 is 0. The lowest BCUT2D eigenvalue weighted by molar-refractivity contribution is -0.0654. The molecule has 2 atom stereocenters. The first-order chi connectivity index (χ1) is 13.8. The summed E-state index contributed by atoms with van der Waals surface area (Å²) < 4.78 is 12.5. The van der Waals surface area contributed by atoms with Gasteiger partial charge in [0.2, 0.25) is 0 Å². The number of hydrogen-bond donors (Lipinski definition) is 0. The van der Waals surface area contributed by atoms with Crippen molar-refractivity contribution in [1.82, 2.24) is 0 Å². The van der Waals surface area contributed by atoms with Gasteiger partial charge in [0, 0.05) is 0 Å². The highest BCUT2D eigenvalue weighted by molar-refractivity contribution is 5.49. The van der Waals surface area contributed by atoms with Gasteiger partial charge in [0.25, 0.3) is 0 Å². The van der Waals surface area contributed by atoms with Crippen LogP contribution in [0.5, 0.6) is 0 Å². The molecule has 0 aliphatic rings. The van der Waals surface area contributed by atoms with Gasteiger partial charge in [-0.15, -0.1) is 0 Å². The minimum absolute atomic E-state index is 0.0103. The first-order valence-electron chi connectivity index (χ1n) is 9.89. The molecule has 2 nitrogen and oxygen atoms in total. The monoisotopic (exact) mass is 372 g/mol. The van der Waals surface area contributed by atoms with E-state index in [9.17, 15) is 0 Å². The Labute approximate surface area is 168 Å². The molecule has 0 saturated heterocycles. The zero-order chi connectivity index (χ0) is 19.4. The molecule has 0 radical (unpaired) electrons. The topological polar surface area (TPSA) is 18.5 Å². The van der Waals surface area contributed by atoms with Crippen molar-refractivity contribution in [2.45, 2.75) is 38.8 Å². The predicted octanol–water partition coefficient (Wildman–Crippen LogP) is 6.28. The Balaban J connectivity index is 1.69. The van der Waals surface area contributed by atoms with Crippen LogP contribution in [0.3, 0.4) is 0 Å². The summed E-state index contributed by atoms with van der Waals surface area (Å²) in [6, 6.07) is 30.9. The van der Waals surface area contributed by atoms with Crippen LogP contribution in [-0.4, -0.2) is 12.2 Å². The molecule has 0 aliphatic carbocycles. The Morgan fingerprint density at radius 2 is 1.18 bits per heavy atom. The van der Waals surface area contributed by atoms with E-state index < -0.39 is 0 Å². The summed E-state index contributed by atoms with van der Waals surface area (Å²) in [6.45, 7) is 3.30. The maximum atomic E-state index is 6.28. The summed E-state index contributed by atoms with van der Waals surface area (Å²) in [5.41, 5.74) is 3.50. The van der Waals surface area contributed by atoms with Crippen molar-refractivity contribution in [3.8, 4) is 0 Å². The van der Waals surface area contributed by atoms with E-state index in [1.807, 2.05) is 54.6 Å². The van der Waals surface area contributed by atoms with E-state index in [-0.39, 0.29) is 12.2 Å². The molecule has 0 heterocycles. The largest absolute Gasteiger partial charge is 0.371 e. The zero-order valence-corrected chi connectivity index (χ0v) is 16.4. The van der Waals surface area contributed by atoms with Crippen molar-refractivity contribution in [2.24, 2.45) is 0 Å². The Morgan fingerprint density at radius 3 is 1.71 bits per heavy atom. The van der Waals surface area contributed by atoms with Gasteiger partial charge in [-0.25, -0.2) is 0 Å². The fourth-order valence-corrected chi connectivity index (χ4v) is 3.05. The molecule has 0 fully saturated rings. The molecule has 0 aromatic heterocycles. The van der Waals surface area contributed by atoms with Crippen LogP contribution in [0.25, 0.3) is 6.08 Å². The molecule has 0 amide bonds. The third-order valence-electron chi connectivity index (χ3n) is 4.64. The second-order valence-electron chi connectivity index (χ2n) is 6.77. The average molecular weight is 373 g/mol. The van der Waals surface area contributed by atoms with Crippen LogP contribution >= 0.6 is 0 Å². The SMILES string of the molecule is CC[C@H](OCc1ccccc1)[C@@H](/C=C\c1ccccc1)OCc1ccccc1. The summed E-state index contributed by atoms with van der Waals surface area (Å²) in [4.78, 5) is 0. The van der Waals surface area contributed by atoms with E-state index in [4.69, 9.17) is 9.47 Å². The van der Waals surface area contributed by atoms with E-state index in [1.54, 1.807) is 0 Å². The number of hydrogen-bond acceptors (Lipinski definition) is 2. The third-order valence-corrected chi connectivity index (χ3v) is 4.64. The molecule has 0 aliphatic heterocycles. The van der Waals surface area contributed by atoms with Crippen LogP contribution in [0.4, 0.5) is 0 Å². The van der Waals surface area contributed by atoms with Crippen molar-refractivity contribution in [1.29, 1.82) is 0 Å². The van der Waals surface area contributed by atoms with Crippen molar-refractivity contribution in [3.05, 3.63) is 114 Å². The van der Waals surface area contributed by atoms with Crippen molar-refractivity contribution >= 4 is 6.08 Å². The molecule has 0 bridgehead atoms. The predicted molar refractivity (Wildman–Crippen MR) is 116 cm³/mol. The van der Waals surface area contributed by atoms with Crippen molar-refractivity contribution in [3.63, 3.8) is 0 Å². The van der Waals surface area contributed by atoms with Gasteiger partial charge in [0.05, 0.1) is 19.3 Å². The van der Waals surface area contributed by atoms with Crippen LogP contribution in [0.2, 0.25) is 0 Å². The summed E-state index contributed by atoms with van der Waals surface area (Å²) in [5, 5.41) is 0. The molecule has 3 rings (SSSR count). The van der Waals surface area contributed by atoms with Crippen molar-refractivity contribution < 1.29 is 9.47 Å². The van der Waals surface area contributed by atoms with Crippen molar-refractivity contribution in [2.75, 3.05) is 0 Å². The molecule has 2 heteroatoms. The van der Waals surface area contributed by atoms with Gasteiger partial charge in [-0.3, -0.25) is 0 Å². The lowest BCUT2D eigenvalue weighted by Crippen LogP contribution is -2.29. The molecule has 3 aromatic carbocycles. The van der Waals surface area contributed by atoms with Crippen LogP contribution in [0.1, 0.15) is 30.0 Å². The highest BCUT2D eigenvalue weighted by atomic mass is 16.5. The first kappa shape index (κ1) is 20.1. The van der Waals surface area contributed by atoms with Crippen LogP contribution in [0, 0.1) is 0 Å². The molecule has 0 spiro atoms. The number of benzene rings is 3. The van der Waals surface area contributed by atoms with Crippen LogP contribution < -0.4 is 0 Å². The minimum Gasteiger partial charge on any atom is -0.371 e. The molecule has 144 valence electrons. The fraction of sp³-hybridized carbons (Fsp3) is 0.231. The molecule has 28 heavy (non-hydrogen) atoms. The average Bonchev–Trinajstić information content (AvgIpc) is 2.77. The third kappa shape index (κ3) is 6.49. The number of rotatable bonds is 10. The second-order valence-corrected chi connectivity index (χ2v) is 6.77. The number of ether oxygens (including phenoxy) is 2. The Hall–Kier alpha value is -2.68. The van der Waals surface area contributed by atoms with E-state index >= 15 is 0 Å². The lowest BCUT2D eigenvalue weighted by atomic mass is 10.1. The fourth-order valence-electron chi connectivity index (χ4n) is 3.05. The standard InChI is InChI=1S/C26H28O2/c1-2-25(27-20-23-14-8-4-9-15-23)26(19-18-22-12-6-3-7-13-22)28-21-24-16-10-5-11-17-24/h3-19,25-26H,2,20-21H2,1H3/b19-18-/t25-,26+/m0/s1.